The Balaban J connectivity index is 1.60. The molecule has 8 nitrogen and oxygen atoms in total. The number of halogens is 1. The number of rotatable bonds is 4. The Hall–Kier alpha value is -2.81. The number of nitrogens with zero attached hydrogens (tertiary/aromatic N) is 2. The van der Waals surface area contributed by atoms with Crippen molar-refractivity contribution in [2.75, 3.05) is 36.5 Å². The molecule has 2 aromatic rings. The van der Waals surface area contributed by atoms with Crippen LogP contribution in [-0.4, -0.2) is 37.1 Å². The summed E-state index contributed by atoms with van der Waals surface area (Å²) >= 11 is 3.41. The molecule has 0 spiro atoms. The zero-order chi connectivity index (χ0) is 19.7. The summed E-state index contributed by atoms with van der Waals surface area (Å²) in [6.07, 6.45) is 2.02. The zero-order valence-electron chi connectivity index (χ0n) is 14.9. The predicted octanol–water partition coefficient (Wildman–Crippen LogP) is 3.98. The third-order valence-electron chi connectivity index (χ3n) is 4.76. The van der Waals surface area contributed by atoms with Gasteiger partial charge in [-0.3, -0.25) is 14.9 Å². The third kappa shape index (κ3) is 3.62. The number of fused-ring (bicyclic) bond motifs is 1. The average molecular weight is 448 g/mol. The molecule has 9 heteroatoms. The highest BCUT2D eigenvalue weighted by Gasteiger charge is 2.24. The number of nitro benzene ring substituents is 1. The summed E-state index contributed by atoms with van der Waals surface area (Å²) in [7, 11) is 0. The van der Waals surface area contributed by atoms with Crippen molar-refractivity contribution in [1.82, 2.24) is 0 Å². The van der Waals surface area contributed by atoms with Crippen molar-refractivity contribution in [3.63, 3.8) is 0 Å². The molecular weight excluding hydrogens is 430 g/mol. The van der Waals surface area contributed by atoms with Gasteiger partial charge in [-0.2, -0.15) is 0 Å². The van der Waals surface area contributed by atoms with Crippen molar-refractivity contribution in [1.29, 1.82) is 0 Å². The SMILES string of the molecule is O=C(Nc1cc2c(cc1Br)OCCO2)c1ccc(N2CCCC2)c([N+](=O)[O-])c1. The van der Waals surface area contributed by atoms with Gasteiger partial charge in [0.15, 0.2) is 11.5 Å². The molecule has 0 atom stereocenters. The molecule has 1 N–H and O–H groups in total. The molecular formula is C19H18BrN3O5. The van der Waals surface area contributed by atoms with Gasteiger partial charge in [0.1, 0.15) is 18.9 Å². The molecule has 1 saturated heterocycles. The molecule has 0 bridgehead atoms. The highest BCUT2D eigenvalue weighted by atomic mass is 79.9. The Bertz CT molecular complexity index is 943. The summed E-state index contributed by atoms with van der Waals surface area (Å²) in [5.41, 5.74) is 1.22. The second-order valence-corrected chi connectivity index (χ2v) is 7.44. The predicted molar refractivity (Wildman–Crippen MR) is 108 cm³/mol. The van der Waals surface area contributed by atoms with Gasteiger partial charge in [-0.1, -0.05) is 0 Å². The first kappa shape index (κ1) is 18.5. The van der Waals surface area contributed by atoms with Crippen LogP contribution >= 0.6 is 15.9 Å². The molecule has 1 amide bonds. The lowest BCUT2D eigenvalue weighted by Gasteiger charge is -2.20. The number of amides is 1. The lowest BCUT2D eigenvalue weighted by molar-refractivity contribution is -0.384. The quantitative estimate of drug-likeness (QED) is 0.562. The fourth-order valence-electron chi connectivity index (χ4n) is 3.39. The Labute approximate surface area is 169 Å². The Morgan fingerprint density at radius 2 is 1.79 bits per heavy atom. The molecule has 0 unspecified atom stereocenters. The van der Waals surface area contributed by atoms with Crippen molar-refractivity contribution in [3.8, 4) is 11.5 Å². The van der Waals surface area contributed by atoms with E-state index in [4.69, 9.17) is 9.47 Å². The second-order valence-electron chi connectivity index (χ2n) is 6.58. The van der Waals surface area contributed by atoms with Gasteiger partial charge in [0.25, 0.3) is 11.6 Å². The number of carbonyl (C=O) groups excluding carboxylic acids is 1. The molecule has 2 aliphatic rings. The van der Waals surface area contributed by atoms with E-state index in [-0.39, 0.29) is 11.3 Å². The maximum absolute atomic E-state index is 12.7. The van der Waals surface area contributed by atoms with Gasteiger partial charge < -0.3 is 19.7 Å². The Kier molecular flexibility index (Phi) is 5.08. The molecule has 2 heterocycles. The largest absolute Gasteiger partial charge is 0.486 e. The third-order valence-corrected chi connectivity index (χ3v) is 5.42. The molecule has 0 aromatic heterocycles. The standard InChI is InChI=1S/C19H18BrN3O5/c20-13-10-17-18(28-8-7-27-17)11-14(13)21-19(24)12-3-4-15(16(9-12)23(25)26)22-5-1-2-6-22/h3-4,9-11H,1-2,5-8H2,(H,21,24). The molecule has 2 aliphatic heterocycles. The first-order chi connectivity index (χ1) is 13.5. The Morgan fingerprint density at radius 1 is 1.11 bits per heavy atom. The van der Waals surface area contributed by atoms with Crippen molar-refractivity contribution < 1.29 is 19.2 Å². The van der Waals surface area contributed by atoms with Crippen LogP contribution in [0.15, 0.2) is 34.8 Å². The second kappa shape index (κ2) is 7.67. The van der Waals surface area contributed by atoms with Gasteiger partial charge >= 0.3 is 0 Å². The van der Waals surface area contributed by atoms with Gasteiger partial charge in [-0.05, 0) is 40.9 Å². The van der Waals surface area contributed by atoms with E-state index < -0.39 is 10.8 Å². The fourth-order valence-corrected chi connectivity index (χ4v) is 3.81. The van der Waals surface area contributed by atoms with E-state index in [1.807, 2.05) is 4.90 Å². The summed E-state index contributed by atoms with van der Waals surface area (Å²) < 4.78 is 11.7. The van der Waals surface area contributed by atoms with E-state index >= 15 is 0 Å². The molecule has 1 fully saturated rings. The fraction of sp³-hybridized carbons (Fsp3) is 0.316. The minimum Gasteiger partial charge on any atom is -0.486 e. The number of benzene rings is 2. The van der Waals surface area contributed by atoms with Crippen molar-refractivity contribution in [2.45, 2.75) is 12.8 Å². The van der Waals surface area contributed by atoms with E-state index in [1.54, 1.807) is 24.3 Å². The molecule has 2 aromatic carbocycles. The van der Waals surface area contributed by atoms with Crippen molar-refractivity contribution in [2.24, 2.45) is 0 Å². The van der Waals surface area contributed by atoms with E-state index in [1.165, 1.54) is 6.07 Å². The summed E-state index contributed by atoms with van der Waals surface area (Å²) in [5, 5.41) is 14.3. The maximum atomic E-state index is 12.7. The number of hydrogen-bond donors (Lipinski definition) is 1. The van der Waals surface area contributed by atoms with Gasteiger partial charge in [-0.25, -0.2) is 0 Å². The van der Waals surface area contributed by atoms with Crippen LogP contribution in [0.1, 0.15) is 23.2 Å². The molecule has 4 rings (SSSR count). The number of nitro groups is 1. The van der Waals surface area contributed by atoms with E-state index in [0.717, 1.165) is 25.9 Å². The minimum absolute atomic E-state index is 0.0595. The normalized spacial score (nSPS) is 15.4. The summed E-state index contributed by atoms with van der Waals surface area (Å²) in [6.45, 7) is 2.48. The lowest BCUT2D eigenvalue weighted by Crippen LogP contribution is -2.20. The van der Waals surface area contributed by atoms with Gasteiger partial charge in [-0.15, -0.1) is 0 Å². The van der Waals surface area contributed by atoms with Gasteiger partial charge in [0, 0.05) is 41.3 Å². The number of ether oxygens (including phenoxy) is 2. The monoisotopic (exact) mass is 447 g/mol. The molecule has 28 heavy (non-hydrogen) atoms. The number of nitrogens with one attached hydrogen (secondary N) is 1. The van der Waals surface area contributed by atoms with Crippen molar-refractivity contribution >= 4 is 38.9 Å². The zero-order valence-corrected chi connectivity index (χ0v) is 16.5. The highest BCUT2D eigenvalue weighted by molar-refractivity contribution is 9.10. The molecule has 0 saturated carbocycles. The van der Waals surface area contributed by atoms with E-state index in [9.17, 15) is 14.9 Å². The number of carbonyl (C=O) groups is 1. The molecule has 0 radical (unpaired) electrons. The maximum Gasteiger partial charge on any atom is 0.293 e. The first-order valence-electron chi connectivity index (χ1n) is 8.97. The van der Waals surface area contributed by atoms with Crippen LogP contribution < -0.4 is 19.7 Å². The topological polar surface area (TPSA) is 93.9 Å². The molecule has 0 aliphatic carbocycles. The minimum atomic E-state index is -0.440. The van der Waals surface area contributed by atoms with Crippen LogP contribution in [-0.2, 0) is 0 Å². The number of hydrogen-bond acceptors (Lipinski definition) is 6. The van der Waals surface area contributed by atoms with E-state index in [0.29, 0.717) is 40.6 Å². The van der Waals surface area contributed by atoms with Crippen LogP contribution in [0.3, 0.4) is 0 Å². The van der Waals surface area contributed by atoms with Crippen LogP contribution in [0.5, 0.6) is 11.5 Å². The first-order valence-corrected chi connectivity index (χ1v) is 9.76. The van der Waals surface area contributed by atoms with E-state index in [2.05, 4.69) is 21.2 Å². The average Bonchev–Trinajstić information content (AvgIpc) is 3.22. The Morgan fingerprint density at radius 3 is 2.46 bits per heavy atom. The van der Waals surface area contributed by atoms with Gasteiger partial charge in [0.2, 0.25) is 0 Å². The summed E-state index contributed by atoms with van der Waals surface area (Å²) in [6, 6.07) is 7.99. The summed E-state index contributed by atoms with van der Waals surface area (Å²) in [5.74, 6) is 0.704. The van der Waals surface area contributed by atoms with Crippen LogP contribution in [0.25, 0.3) is 0 Å². The van der Waals surface area contributed by atoms with Crippen LogP contribution in [0, 0.1) is 10.1 Å². The summed E-state index contributed by atoms with van der Waals surface area (Å²) in [4.78, 5) is 25.8. The van der Waals surface area contributed by atoms with Crippen LogP contribution in [0.2, 0.25) is 0 Å². The van der Waals surface area contributed by atoms with Gasteiger partial charge in [0.05, 0.1) is 10.6 Å². The lowest BCUT2D eigenvalue weighted by atomic mass is 10.1. The van der Waals surface area contributed by atoms with Crippen molar-refractivity contribution in [3.05, 3.63) is 50.5 Å². The smallest absolute Gasteiger partial charge is 0.293 e. The van der Waals surface area contributed by atoms with Crippen LogP contribution in [0.4, 0.5) is 17.1 Å². The highest BCUT2D eigenvalue weighted by Crippen LogP contribution is 2.38. The molecule has 146 valence electrons. The number of anilines is 2.